The quantitative estimate of drug-likeness (QED) is 0.755. The van der Waals surface area contributed by atoms with E-state index in [-0.39, 0.29) is 12.0 Å². The average molecular weight is 233 g/mol. The molecule has 2 fully saturated rings. The van der Waals surface area contributed by atoms with Crippen molar-refractivity contribution in [3.63, 3.8) is 0 Å². The molecule has 2 aliphatic carbocycles. The van der Waals surface area contributed by atoms with Crippen LogP contribution in [0.25, 0.3) is 0 Å². The Labute approximate surface area is 91.3 Å². The Balaban J connectivity index is 2.05. The molecular weight excluding hydrogens is 214 g/mol. The molecule has 0 aromatic heterocycles. The third-order valence-electron chi connectivity index (χ3n) is 3.84. The summed E-state index contributed by atoms with van der Waals surface area (Å²) in [6.45, 7) is 2.38. The van der Waals surface area contributed by atoms with Gasteiger partial charge in [0.05, 0.1) is 4.75 Å². The molecule has 1 N–H and O–H groups in total. The maximum Gasteiger partial charge on any atom is 0.219 e. The normalized spacial score (nSPS) is 26.7. The fourth-order valence-electron chi connectivity index (χ4n) is 1.91. The fourth-order valence-corrected chi connectivity index (χ4v) is 3.72. The molecule has 5 heteroatoms. The van der Waals surface area contributed by atoms with Crippen LogP contribution >= 0.6 is 0 Å². The van der Waals surface area contributed by atoms with Gasteiger partial charge in [-0.3, -0.25) is 0 Å². The lowest BCUT2D eigenvalue weighted by Crippen LogP contribution is -2.40. The van der Waals surface area contributed by atoms with Crippen LogP contribution in [-0.2, 0) is 10.0 Å². The van der Waals surface area contributed by atoms with E-state index >= 15 is 0 Å². The summed E-state index contributed by atoms with van der Waals surface area (Å²) in [5, 5.41) is 9.17. The van der Waals surface area contributed by atoms with Gasteiger partial charge < -0.3 is 5.11 Å². The largest absolute Gasteiger partial charge is 0.396 e. The molecule has 2 rings (SSSR count). The third-order valence-corrected chi connectivity index (χ3v) is 6.44. The van der Waals surface area contributed by atoms with E-state index in [0.717, 1.165) is 25.7 Å². The molecule has 0 aliphatic heterocycles. The van der Waals surface area contributed by atoms with Gasteiger partial charge in [-0.1, -0.05) is 0 Å². The Morgan fingerprint density at radius 1 is 1.27 bits per heavy atom. The van der Waals surface area contributed by atoms with Crippen molar-refractivity contribution in [2.24, 2.45) is 5.41 Å². The molecule has 2 saturated carbocycles. The minimum atomic E-state index is -3.15. The zero-order valence-electron chi connectivity index (χ0n) is 9.36. The van der Waals surface area contributed by atoms with Crippen molar-refractivity contribution in [2.45, 2.75) is 37.4 Å². The number of hydrogen-bond acceptors (Lipinski definition) is 3. The van der Waals surface area contributed by atoms with Crippen molar-refractivity contribution >= 4 is 10.0 Å². The maximum atomic E-state index is 12.1. The van der Waals surface area contributed by atoms with E-state index in [1.807, 2.05) is 0 Å². The minimum Gasteiger partial charge on any atom is -0.396 e. The summed E-state index contributed by atoms with van der Waals surface area (Å²) in [7, 11) is -1.51. The van der Waals surface area contributed by atoms with Gasteiger partial charge in [-0.25, -0.2) is 12.7 Å². The van der Waals surface area contributed by atoms with Crippen LogP contribution in [-0.4, -0.2) is 42.8 Å². The van der Waals surface area contributed by atoms with Gasteiger partial charge in [-0.15, -0.1) is 0 Å². The van der Waals surface area contributed by atoms with Crippen molar-refractivity contribution in [2.75, 3.05) is 20.2 Å². The highest BCUT2D eigenvalue weighted by Crippen LogP contribution is 2.49. The molecule has 0 spiro atoms. The molecule has 0 saturated heterocycles. The smallest absolute Gasteiger partial charge is 0.219 e. The van der Waals surface area contributed by atoms with Gasteiger partial charge in [0.15, 0.2) is 0 Å². The first-order valence-corrected chi connectivity index (χ1v) is 6.86. The minimum absolute atomic E-state index is 0.101. The van der Waals surface area contributed by atoms with Gasteiger partial charge in [-0.2, -0.15) is 0 Å². The van der Waals surface area contributed by atoms with Crippen molar-refractivity contribution in [3.8, 4) is 0 Å². The number of rotatable bonds is 5. The Hall–Kier alpha value is -0.130. The summed E-state index contributed by atoms with van der Waals surface area (Å²) in [5.74, 6) is 0. The van der Waals surface area contributed by atoms with Crippen molar-refractivity contribution in [3.05, 3.63) is 0 Å². The first kappa shape index (κ1) is 11.4. The Morgan fingerprint density at radius 2 is 1.80 bits per heavy atom. The third kappa shape index (κ3) is 1.81. The van der Waals surface area contributed by atoms with Crippen LogP contribution in [0.5, 0.6) is 0 Å². The highest BCUT2D eigenvalue weighted by atomic mass is 32.2. The van der Waals surface area contributed by atoms with Gasteiger partial charge in [0.1, 0.15) is 0 Å². The van der Waals surface area contributed by atoms with Crippen LogP contribution in [0.15, 0.2) is 0 Å². The first-order valence-electron chi connectivity index (χ1n) is 5.42. The zero-order chi connectivity index (χ0) is 11.3. The predicted molar refractivity (Wildman–Crippen MR) is 57.9 cm³/mol. The Morgan fingerprint density at radius 3 is 2.13 bits per heavy atom. The zero-order valence-corrected chi connectivity index (χ0v) is 10.2. The second kappa shape index (κ2) is 3.18. The van der Waals surface area contributed by atoms with E-state index in [2.05, 4.69) is 0 Å². The van der Waals surface area contributed by atoms with E-state index in [4.69, 9.17) is 5.11 Å². The summed E-state index contributed by atoms with van der Waals surface area (Å²) >= 11 is 0. The number of aliphatic hydroxyl groups is 1. The van der Waals surface area contributed by atoms with Gasteiger partial charge in [0, 0.05) is 25.6 Å². The monoisotopic (exact) mass is 233 g/mol. The molecular formula is C10H19NO3S. The molecule has 2 aliphatic rings. The topological polar surface area (TPSA) is 57.6 Å². The molecule has 15 heavy (non-hydrogen) atoms. The second-order valence-electron chi connectivity index (χ2n) is 5.37. The van der Waals surface area contributed by atoms with Crippen molar-refractivity contribution in [1.82, 2.24) is 4.31 Å². The summed E-state index contributed by atoms with van der Waals surface area (Å²) in [5.41, 5.74) is -0.132. The van der Waals surface area contributed by atoms with E-state index in [1.165, 1.54) is 4.31 Å². The standard InChI is InChI=1S/C10H19NO3S/c1-9(3-4-9)15(13,14)11(2)7-10(8-12)5-6-10/h12H,3-8H2,1-2H3. The highest BCUT2D eigenvalue weighted by molar-refractivity contribution is 7.90. The van der Waals surface area contributed by atoms with Crippen LogP contribution < -0.4 is 0 Å². The van der Waals surface area contributed by atoms with Gasteiger partial charge in [-0.05, 0) is 32.6 Å². The van der Waals surface area contributed by atoms with Crippen LogP contribution in [0.4, 0.5) is 0 Å². The number of nitrogens with zero attached hydrogens (tertiary/aromatic N) is 1. The number of aliphatic hydroxyl groups excluding tert-OH is 1. The molecule has 0 unspecified atom stereocenters. The molecule has 0 aromatic carbocycles. The fraction of sp³-hybridized carbons (Fsp3) is 1.00. The van der Waals surface area contributed by atoms with Gasteiger partial charge in [0.25, 0.3) is 0 Å². The van der Waals surface area contributed by atoms with Crippen molar-refractivity contribution in [1.29, 1.82) is 0 Å². The molecule has 0 aromatic rings. The molecule has 0 amide bonds. The van der Waals surface area contributed by atoms with E-state index < -0.39 is 14.8 Å². The van der Waals surface area contributed by atoms with E-state index in [1.54, 1.807) is 14.0 Å². The molecule has 0 bridgehead atoms. The predicted octanol–water partition coefficient (Wildman–Crippen LogP) is 0.573. The average Bonchev–Trinajstić information content (AvgIpc) is 3.05. The van der Waals surface area contributed by atoms with Crippen LogP contribution in [0.2, 0.25) is 0 Å². The summed E-state index contributed by atoms with van der Waals surface area (Å²) < 4.78 is 25.1. The first-order chi connectivity index (χ1) is 6.85. The summed E-state index contributed by atoms with van der Waals surface area (Å²) in [6, 6.07) is 0. The lowest BCUT2D eigenvalue weighted by molar-refractivity contribution is 0.191. The Kier molecular flexibility index (Phi) is 2.41. The van der Waals surface area contributed by atoms with Crippen molar-refractivity contribution < 1.29 is 13.5 Å². The van der Waals surface area contributed by atoms with Crippen LogP contribution in [0.3, 0.4) is 0 Å². The second-order valence-corrected chi connectivity index (χ2v) is 7.93. The molecule has 88 valence electrons. The molecule has 4 nitrogen and oxygen atoms in total. The Bertz CT molecular complexity index is 355. The van der Waals surface area contributed by atoms with Gasteiger partial charge >= 0.3 is 0 Å². The molecule has 0 atom stereocenters. The lowest BCUT2D eigenvalue weighted by atomic mass is 10.1. The van der Waals surface area contributed by atoms with E-state index in [0.29, 0.717) is 6.54 Å². The lowest BCUT2D eigenvalue weighted by Gasteiger charge is -2.25. The summed E-state index contributed by atoms with van der Waals surface area (Å²) in [4.78, 5) is 0. The molecule has 0 radical (unpaired) electrons. The maximum absolute atomic E-state index is 12.1. The highest BCUT2D eigenvalue weighted by Gasteiger charge is 2.54. The summed E-state index contributed by atoms with van der Waals surface area (Å²) in [6.07, 6.45) is 3.43. The molecule has 0 heterocycles. The number of sulfonamides is 1. The van der Waals surface area contributed by atoms with E-state index in [9.17, 15) is 8.42 Å². The van der Waals surface area contributed by atoms with Gasteiger partial charge in [0.2, 0.25) is 10.0 Å². The van der Waals surface area contributed by atoms with Crippen LogP contribution in [0.1, 0.15) is 32.6 Å². The SMILES string of the molecule is CN(CC1(CO)CC1)S(=O)(=O)C1(C)CC1. The van der Waals surface area contributed by atoms with Crippen LogP contribution in [0, 0.1) is 5.41 Å². The number of hydrogen-bond donors (Lipinski definition) is 1.